The Labute approximate surface area is 94.8 Å². The van der Waals surface area contributed by atoms with Gasteiger partial charge in [-0.25, -0.2) is 0 Å². The highest BCUT2D eigenvalue weighted by Crippen LogP contribution is 2.49. The average molecular weight is 213 g/mol. The van der Waals surface area contributed by atoms with Crippen molar-refractivity contribution >= 4 is 0 Å². The van der Waals surface area contributed by atoms with E-state index in [-0.39, 0.29) is 5.54 Å². The largest absolute Gasteiger partial charge is 0.382 e. The van der Waals surface area contributed by atoms with Gasteiger partial charge in [0.15, 0.2) is 0 Å². The zero-order valence-electron chi connectivity index (χ0n) is 10.9. The third-order valence-electron chi connectivity index (χ3n) is 3.15. The minimum absolute atomic E-state index is 0.259. The fourth-order valence-corrected chi connectivity index (χ4v) is 1.84. The molecular weight excluding hydrogens is 186 g/mol. The molecule has 1 rings (SSSR count). The van der Waals surface area contributed by atoms with Crippen molar-refractivity contribution in [1.29, 1.82) is 0 Å². The summed E-state index contributed by atoms with van der Waals surface area (Å²) in [7, 11) is 0. The van der Waals surface area contributed by atoms with E-state index in [2.05, 4.69) is 33.0 Å². The summed E-state index contributed by atoms with van der Waals surface area (Å²) < 4.78 is 5.38. The molecule has 0 bridgehead atoms. The smallest absolute Gasteiger partial charge is 0.0466 e. The Morgan fingerprint density at radius 1 is 1.27 bits per heavy atom. The van der Waals surface area contributed by atoms with E-state index in [1.165, 1.54) is 32.2 Å². The molecule has 0 atom stereocenters. The molecule has 0 amide bonds. The Morgan fingerprint density at radius 2 is 1.93 bits per heavy atom. The molecule has 0 aromatic carbocycles. The van der Waals surface area contributed by atoms with Crippen LogP contribution in [0.3, 0.4) is 0 Å². The fraction of sp³-hybridized carbons (Fsp3) is 1.00. The highest BCUT2D eigenvalue weighted by Gasteiger charge is 2.41. The van der Waals surface area contributed by atoms with Crippen LogP contribution in [0.5, 0.6) is 0 Å². The minimum atomic E-state index is 0.259. The summed E-state index contributed by atoms with van der Waals surface area (Å²) in [5, 5.41) is 3.62. The van der Waals surface area contributed by atoms with E-state index in [1.54, 1.807) is 0 Å². The molecule has 1 saturated carbocycles. The molecule has 0 aliphatic heterocycles. The van der Waals surface area contributed by atoms with E-state index < -0.39 is 0 Å². The van der Waals surface area contributed by atoms with Gasteiger partial charge in [-0.2, -0.15) is 0 Å². The lowest BCUT2D eigenvalue weighted by molar-refractivity contribution is 0.137. The molecule has 2 heteroatoms. The highest BCUT2D eigenvalue weighted by atomic mass is 16.5. The van der Waals surface area contributed by atoms with Gasteiger partial charge >= 0.3 is 0 Å². The van der Waals surface area contributed by atoms with Crippen molar-refractivity contribution in [2.45, 2.75) is 58.9 Å². The predicted molar refractivity (Wildman–Crippen MR) is 65.1 cm³/mol. The van der Waals surface area contributed by atoms with E-state index in [1.807, 2.05) is 0 Å². The second kappa shape index (κ2) is 5.31. The number of hydrogen-bond acceptors (Lipinski definition) is 2. The van der Waals surface area contributed by atoms with Crippen LogP contribution in [0.15, 0.2) is 0 Å². The van der Waals surface area contributed by atoms with Gasteiger partial charge in [-0.15, -0.1) is 0 Å². The molecule has 90 valence electrons. The van der Waals surface area contributed by atoms with Gasteiger partial charge in [-0.05, 0) is 58.8 Å². The van der Waals surface area contributed by atoms with Crippen LogP contribution in [0, 0.1) is 5.41 Å². The van der Waals surface area contributed by atoms with Crippen LogP contribution >= 0.6 is 0 Å². The van der Waals surface area contributed by atoms with Gasteiger partial charge in [-0.1, -0.05) is 0 Å². The van der Waals surface area contributed by atoms with Crippen LogP contribution < -0.4 is 5.32 Å². The lowest BCUT2D eigenvalue weighted by Gasteiger charge is -2.25. The summed E-state index contributed by atoms with van der Waals surface area (Å²) >= 11 is 0. The molecule has 0 heterocycles. The molecular formula is C13H27NO. The summed E-state index contributed by atoms with van der Waals surface area (Å²) in [6, 6.07) is 0. The third kappa shape index (κ3) is 5.53. The number of ether oxygens (including phenoxy) is 1. The SMILES string of the molecule is CCOCCCC1(CNC(C)(C)C)CC1. The number of hydrogen-bond donors (Lipinski definition) is 1. The normalized spacial score (nSPS) is 19.2. The molecule has 1 aliphatic rings. The monoisotopic (exact) mass is 213 g/mol. The Kier molecular flexibility index (Phi) is 4.60. The molecule has 1 fully saturated rings. The molecule has 0 saturated heterocycles. The van der Waals surface area contributed by atoms with Crippen molar-refractivity contribution in [2.24, 2.45) is 5.41 Å². The Morgan fingerprint density at radius 3 is 2.40 bits per heavy atom. The van der Waals surface area contributed by atoms with Crippen molar-refractivity contribution in [2.75, 3.05) is 19.8 Å². The van der Waals surface area contributed by atoms with Gasteiger partial charge in [0.1, 0.15) is 0 Å². The third-order valence-corrected chi connectivity index (χ3v) is 3.15. The van der Waals surface area contributed by atoms with E-state index in [9.17, 15) is 0 Å². The maximum Gasteiger partial charge on any atom is 0.0466 e. The summed E-state index contributed by atoms with van der Waals surface area (Å²) in [4.78, 5) is 0. The zero-order chi connectivity index (χ0) is 11.4. The second-order valence-electron chi connectivity index (χ2n) is 5.90. The molecule has 0 radical (unpaired) electrons. The van der Waals surface area contributed by atoms with Gasteiger partial charge in [0, 0.05) is 25.3 Å². The van der Waals surface area contributed by atoms with Crippen molar-refractivity contribution in [3.63, 3.8) is 0 Å². The second-order valence-corrected chi connectivity index (χ2v) is 5.90. The molecule has 1 N–H and O–H groups in total. The van der Waals surface area contributed by atoms with E-state index in [4.69, 9.17) is 4.74 Å². The van der Waals surface area contributed by atoms with Gasteiger partial charge in [0.05, 0.1) is 0 Å². The average Bonchev–Trinajstić information content (AvgIpc) is 2.90. The van der Waals surface area contributed by atoms with Crippen molar-refractivity contribution in [1.82, 2.24) is 5.32 Å². The molecule has 2 nitrogen and oxygen atoms in total. The molecule has 0 spiro atoms. The zero-order valence-corrected chi connectivity index (χ0v) is 10.9. The van der Waals surface area contributed by atoms with Crippen LogP contribution in [-0.2, 0) is 4.74 Å². The van der Waals surface area contributed by atoms with E-state index in [0.29, 0.717) is 5.41 Å². The van der Waals surface area contributed by atoms with E-state index >= 15 is 0 Å². The Bertz CT molecular complexity index is 179. The van der Waals surface area contributed by atoms with Gasteiger partial charge in [-0.3, -0.25) is 0 Å². The highest BCUT2D eigenvalue weighted by molar-refractivity contribution is 4.95. The molecule has 15 heavy (non-hydrogen) atoms. The summed E-state index contributed by atoms with van der Waals surface area (Å²) in [5.74, 6) is 0. The van der Waals surface area contributed by atoms with E-state index in [0.717, 1.165) is 13.2 Å². The lowest BCUT2D eigenvalue weighted by Crippen LogP contribution is -2.39. The first-order valence-electron chi connectivity index (χ1n) is 6.30. The molecule has 0 unspecified atom stereocenters. The van der Waals surface area contributed by atoms with Crippen LogP contribution in [0.1, 0.15) is 53.4 Å². The first kappa shape index (κ1) is 13.0. The molecule has 0 aromatic heterocycles. The maximum absolute atomic E-state index is 5.38. The minimum Gasteiger partial charge on any atom is -0.382 e. The van der Waals surface area contributed by atoms with Crippen LogP contribution in [0.25, 0.3) is 0 Å². The standard InChI is InChI=1S/C13H27NO/c1-5-15-10-6-7-13(8-9-13)11-14-12(2,3)4/h14H,5-11H2,1-4H3. The van der Waals surface area contributed by atoms with Gasteiger partial charge in [0.25, 0.3) is 0 Å². The Balaban J connectivity index is 2.11. The predicted octanol–water partition coefficient (Wildman–Crippen LogP) is 2.97. The number of nitrogens with one attached hydrogen (secondary N) is 1. The van der Waals surface area contributed by atoms with Crippen LogP contribution in [-0.4, -0.2) is 25.3 Å². The van der Waals surface area contributed by atoms with Crippen molar-refractivity contribution in [3.05, 3.63) is 0 Å². The quantitative estimate of drug-likeness (QED) is 0.656. The summed E-state index contributed by atoms with van der Waals surface area (Å²) in [5.41, 5.74) is 0.875. The maximum atomic E-state index is 5.38. The molecule has 1 aliphatic carbocycles. The summed E-state index contributed by atoms with van der Waals surface area (Å²) in [6.07, 6.45) is 5.36. The topological polar surface area (TPSA) is 21.3 Å². The van der Waals surface area contributed by atoms with Gasteiger partial charge < -0.3 is 10.1 Å². The Hall–Kier alpha value is -0.0800. The lowest BCUT2D eigenvalue weighted by atomic mass is 9.98. The van der Waals surface area contributed by atoms with Crippen molar-refractivity contribution in [3.8, 4) is 0 Å². The number of rotatable bonds is 7. The first-order valence-corrected chi connectivity index (χ1v) is 6.30. The first-order chi connectivity index (χ1) is 6.97. The van der Waals surface area contributed by atoms with Crippen LogP contribution in [0.4, 0.5) is 0 Å². The fourth-order valence-electron chi connectivity index (χ4n) is 1.84. The molecule has 0 aromatic rings. The van der Waals surface area contributed by atoms with Crippen molar-refractivity contribution < 1.29 is 4.74 Å². The van der Waals surface area contributed by atoms with Crippen LogP contribution in [0.2, 0.25) is 0 Å². The summed E-state index contributed by atoms with van der Waals surface area (Å²) in [6.45, 7) is 11.8. The van der Waals surface area contributed by atoms with Gasteiger partial charge in [0.2, 0.25) is 0 Å².